The maximum atomic E-state index is 5.75. The second-order valence-corrected chi connectivity index (χ2v) is 3.17. The van der Waals surface area contributed by atoms with Crippen LogP contribution in [0.25, 0.3) is 0 Å². The van der Waals surface area contributed by atoms with E-state index in [-0.39, 0.29) is 0 Å². The average Bonchev–Trinajstić information content (AvgIpc) is 2.92. The van der Waals surface area contributed by atoms with Crippen LogP contribution in [0, 0.1) is 0 Å². The molecule has 1 heterocycles. The van der Waals surface area contributed by atoms with E-state index in [1.165, 1.54) is 0 Å². The lowest BCUT2D eigenvalue weighted by Crippen LogP contribution is -2.04. The van der Waals surface area contributed by atoms with Crippen molar-refractivity contribution < 1.29 is 4.74 Å². The van der Waals surface area contributed by atoms with Crippen molar-refractivity contribution in [3.05, 3.63) is 12.4 Å². The molecule has 0 amide bonds. The predicted octanol–water partition coefficient (Wildman–Crippen LogP) is 1.25. The summed E-state index contributed by atoms with van der Waals surface area (Å²) in [6, 6.07) is 0. The molecular formula is C9H13N3O. The first kappa shape index (κ1) is 8.16. The van der Waals surface area contributed by atoms with E-state index in [0.29, 0.717) is 11.8 Å². The number of nitrogens with zero attached hydrogens (tertiary/aromatic N) is 1. The summed E-state index contributed by atoms with van der Waals surface area (Å²) in [6.07, 6.45) is 5.94. The summed E-state index contributed by atoms with van der Waals surface area (Å²) >= 11 is 0. The van der Waals surface area contributed by atoms with Crippen LogP contribution in [0.1, 0.15) is 12.8 Å². The number of nitrogens with one attached hydrogen (secondary N) is 1. The molecule has 0 radical (unpaired) electrons. The van der Waals surface area contributed by atoms with Crippen LogP contribution >= 0.6 is 0 Å². The van der Waals surface area contributed by atoms with Gasteiger partial charge in [0.1, 0.15) is 0 Å². The molecule has 1 saturated carbocycles. The topological polar surface area (TPSA) is 60.2 Å². The lowest BCUT2D eigenvalue weighted by Gasteiger charge is -2.11. The first-order valence-electron chi connectivity index (χ1n) is 4.39. The molecule has 0 atom stereocenters. The molecule has 4 heteroatoms. The Bertz CT molecular complexity index is 310. The van der Waals surface area contributed by atoms with Gasteiger partial charge >= 0.3 is 0 Å². The minimum Gasteiger partial charge on any atom is -0.486 e. The normalized spacial score (nSPS) is 15.5. The fraction of sp³-hybridized carbons (Fsp3) is 0.444. The van der Waals surface area contributed by atoms with Crippen LogP contribution < -0.4 is 15.8 Å². The highest BCUT2D eigenvalue weighted by molar-refractivity contribution is 5.67. The quantitative estimate of drug-likeness (QED) is 0.733. The zero-order valence-electron chi connectivity index (χ0n) is 7.58. The van der Waals surface area contributed by atoms with Crippen molar-refractivity contribution >= 4 is 11.4 Å². The van der Waals surface area contributed by atoms with Crippen LogP contribution in [0.15, 0.2) is 12.4 Å². The third-order valence-electron chi connectivity index (χ3n) is 2.00. The molecule has 1 fully saturated rings. The standard InChI is InChI=1S/C9H13N3O/c1-11-8-5-12-4-7(10)9(8)13-6-2-3-6/h4-6,11H,2-3,10H2,1H3. The first-order valence-corrected chi connectivity index (χ1v) is 4.39. The molecule has 0 saturated heterocycles. The van der Waals surface area contributed by atoms with Crippen molar-refractivity contribution in [3.8, 4) is 5.75 Å². The molecule has 4 nitrogen and oxygen atoms in total. The van der Waals surface area contributed by atoms with Crippen molar-refractivity contribution in [2.45, 2.75) is 18.9 Å². The summed E-state index contributed by atoms with van der Waals surface area (Å²) in [4.78, 5) is 3.98. The van der Waals surface area contributed by atoms with Gasteiger partial charge in [0.05, 0.1) is 29.9 Å². The summed E-state index contributed by atoms with van der Waals surface area (Å²) in [5.41, 5.74) is 7.20. The highest BCUT2D eigenvalue weighted by Gasteiger charge is 2.25. The molecule has 70 valence electrons. The van der Waals surface area contributed by atoms with Gasteiger partial charge in [0, 0.05) is 7.05 Å². The van der Waals surface area contributed by atoms with Gasteiger partial charge in [-0.25, -0.2) is 0 Å². The minimum absolute atomic E-state index is 0.358. The number of ether oxygens (including phenoxy) is 1. The minimum atomic E-state index is 0.358. The van der Waals surface area contributed by atoms with Crippen LogP contribution in [-0.2, 0) is 0 Å². The second kappa shape index (κ2) is 3.12. The Morgan fingerprint density at radius 3 is 2.92 bits per heavy atom. The van der Waals surface area contributed by atoms with E-state index >= 15 is 0 Å². The van der Waals surface area contributed by atoms with Gasteiger partial charge in [-0.15, -0.1) is 0 Å². The number of hydrogen-bond donors (Lipinski definition) is 2. The second-order valence-electron chi connectivity index (χ2n) is 3.17. The van der Waals surface area contributed by atoms with Crippen molar-refractivity contribution in [3.63, 3.8) is 0 Å². The molecule has 0 bridgehead atoms. The molecule has 0 aliphatic heterocycles. The first-order chi connectivity index (χ1) is 6.31. The van der Waals surface area contributed by atoms with Crippen LogP contribution in [0.2, 0.25) is 0 Å². The van der Waals surface area contributed by atoms with E-state index in [9.17, 15) is 0 Å². The summed E-state index contributed by atoms with van der Waals surface area (Å²) < 4.78 is 5.65. The van der Waals surface area contributed by atoms with Crippen molar-refractivity contribution in [2.24, 2.45) is 0 Å². The fourth-order valence-electron chi connectivity index (χ4n) is 1.13. The van der Waals surface area contributed by atoms with Crippen LogP contribution in [0.4, 0.5) is 11.4 Å². The molecule has 1 aliphatic carbocycles. The molecule has 2 rings (SSSR count). The van der Waals surface area contributed by atoms with E-state index < -0.39 is 0 Å². The third-order valence-corrected chi connectivity index (χ3v) is 2.00. The Hall–Kier alpha value is -1.45. The molecule has 1 aliphatic rings. The van der Waals surface area contributed by atoms with Gasteiger partial charge in [0.25, 0.3) is 0 Å². The molecule has 0 spiro atoms. The Kier molecular flexibility index (Phi) is 1.96. The third kappa shape index (κ3) is 1.66. The van der Waals surface area contributed by atoms with E-state index in [2.05, 4.69) is 10.3 Å². The lowest BCUT2D eigenvalue weighted by molar-refractivity contribution is 0.306. The number of rotatable bonds is 3. The predicted molar refractivity (Wildman–Crippen MR) is 51.8 cm³/mol. The number of anilines is 2. The van der Waals surface area contributed by atoms with Gasteiger partial charge in [0.2, 0.25) is 0 Å². The van der Waals surface area contributed by atoms with Gasteiger partial charge < -0.3 is 15.8 Å². The number of hydrogen-bond acceptors (Lipinski definition) is 4. The summed E-state index contributed by atoms with van der Waals surface area (Å²) in [5.74, 6) is 0.736. The zero-order valence-corrected chi connectivity index (χ0v) is 7.58. The van der Waals surface area contributed by atoms with Gasteiger partial charge in [-0.2, -0.15) is 0 Å². The number of nitrogen functional groups attached to an aromatic ring is 1. The largest absolute Gasteiger partial charge is 0.486 e. The maximum absolute atomic E-state index is 5.75. The Morgan fingerprint density at radius 1 is 1.54 bits per heavy atom. The van der Waals surface area contributed by atoms with E-state index in [1.54, 1.807) is 12.4 Å². The van der Waals surface area contributed by atoms with E-state index in [0.717, 1.165) is 24.3 Å². The molecule has 1 aromatic rings. The molecule has 3 N–H and O–H groups in total. The SMILES string of the molecule is CNc1cncc(N)c1OC1CC1. The molecule has 1 aromatic heterocycles. The highest BCUT2D eigenvalue weighted by Crippen LogP contribution is 2.35. The van der Waals surface area contributed by atoms with Crippen molar-refractivity contribution in [1.29, 1.82) is 0 Å². The van der Waals surface area contributed by atoms with Gasteiger partial charge in [-0.3, -0.25) is 4.98 Å². The smallest absolute Gasteiger partial charge is 0.168 e. The highest BCUT2D eigenvalue weighted by atomic mass is 16.5. The van der Waals surface area contributed by atoms with Crippen LogP contribution in [-0.4, -0.2) is 18.1 Å². The fourth-order valence-corrected chi connectivity index (χ4v) is 1.13. The summed E-state index contributed by atoms with van der Waals surface area (Å²) in [7, 11) is 1.83. The summed E-state index contributed by atoms with van der Waals surface area (Å²) in [6.45, 7) is 0. The maximum Gasteiger partial charge on any atom is 0.168 e. The lowest BCUT2D eigenvalue weighted by atomic mass is 10.3. The number of nitrogens with two attached hydrogens (primary N) is 1. The number of pyridine rings is 1. The van der Waals surface area contributed by atoms with Crippen LogP contribution in [0.3, 0.4) is 0 Å². The van der Waals surface area contributed by atoms with Gasteiger partial charge in [-0.05, 0) is 12.8 Å². The molecule has 0 unspecified atom stereocenters. The molecule has 13 heavy (non-hydrogen) atoms. The van der Waals surface area contributed by atoms with Crippen LogP contribution in [0.5, 0.6) is 5.75 Å². The Balaban J connectivity index is 2.27. The van der Waals surface area contributed by atoms with Gasteiger partial charge in [-0.1, -0.05) is 0 Å². The van der Waals surface area contributed by atoms with Crippen molar-refractivity contribution in [2.75, 3.05) is 18.1 Å². The Morgan fingerprint density at radius 2 is 2.31 bits per heavy atom. The number of aromatic nitrogens is 1. The summed E-state index contributed by atoms with van der Waals surface area (Å²) in [5, 5.41) is 3.00. The average molecular weight is 179 g/mol. The van der Waals surface area contributed by atoms with Crippen molar-refractivity contribution in [1.82, 2.24) is 4.98 Å². The van der Waals surface area contributed by atoms with E-state index in [1.807, 2.05) is 7.05 Å². The monoisotopic (exact) mass is 179 g/mol. The Labute approximate surface area is 77.1 Å². The molecular weight excluding hydrogens is 166 g/mol. The molecule has 0 aromatic carbocycles. The van der Waals surface area contributed by atoms with E-state index in [4.69, 9.17) is 10.5 Å². The van der Waals surface area contributed by atoms with Gasteiger partial charge in [0.15, 0.2) is 5.75 Å². The zero-order chi connectivity index (χ0) is 9.26.